The fourth-order valence-corrected chi connectivity index (χ4v) is 4.41. The average molecular weight is 419 g/mol. The number of nitrogens with one attached hydrogen (secondary N) is 1. The zero-order valence-corrected chi connectivity index (χ0v) is 18.7. The van der Waals surface area contributed by atoms with Crippen LogP contribution >= 0.6 is 0 Å². The van der Waals surface area contributed by atoms with Crippen molar-refractivity contribution in [3.63, 3.8) is 0 Å². The van der Waals surface area contributed by atoms with Crippen molar-refractivity contribution in [3.05, 3.63) is 59.2 Å². The molecule has 6 nitrogen and oxygen atoms in total. The van der Waals surface area contributed by atoms with Gasteiger partial charge in [-0.25, -0.2) is 8.42 Å². The van der Waals surface area contributed by atoms with E-state index in [4.69, 9.17) is 4.74 Å². The van der Waals surface area contributed by atoms with Gasteiger partial charge in [0.1, 0.15) is 11.8 Å². The third kappa shape index (κ3) is 5.50. The van der Waals surface area contributed by atoms with Gasteiger partial charge in [-0.15, -0.1) is 0 Å². The van der Waals surface area contributed by atoms with Crippen molar-refractivity contribution in [1.29, 1.82) is 0 Å². The number of nitrogens with zero attached hydrogens (tertiary/aromatic N) is 1. The number of methoxy groups -OCH3 is 1. The van der Waals surface area contributed by atoms with Crippen LogP contribution in [0.1, 0.15) is 43.0 Å². The molecule has 1 N–H and O–H groups in total. The standard InChI is InChI=1S/C22H30N2O4S/c1-7-21(18-9-8-15(2)16(3)14-18)23-22(25)17(4)24(29(6,26)27)19-10-12-20(28-5)13-11-19/h8-14,17,21H,7H2,1-6H3,(H,23,25). The summed E-state index contributed by atoms with van der Waals surface area (Å²) in [5, 5.41) is 3.00. The number of amides is 1. The molecule has 0 saturated carbocycles. The van der Waals surface area contributed by atoms with Crippen LogP contribution < -0.4 is 14.4 Å². The molecular formula is C22H30N2O4S. The summed E-state index contributed by atoms with van der Waals surface area (Å²) in [6, 6.07) is 11.6. The number of hydrogen-bond donors (Lipinski definition) is 1. The second-order valence-electron chi connectivity index (χ2n) is 7.25. The van der Waals surface area contributed by atoms with Crippen LogP contribution in [-0.2, 0) is 14.8 Å². The molecule has 158 valence electrons. The molecule has 0 aliphatic rings. The van der Waals surface area contributed by atoms with E-state index >= 15 is 0 Å². The predicted molar refractivity (Wildman–Crippen MR) is 117 cm³/mol. The Bertz CT molecular complexity index is 955. The Morgan fingerprint density at radius 3 is 2.21 bits per heavy atom. The molecule has 2 aromatic rings. The third-order valence-electron chi connectivity index (χ3n) is 5.07. The average Bonchev–Trinajstić information content (AvgIpc) is 2.67. The zero-order chi connectivity index (χ0) is 21.8. The smallest absolute Gasteiger partial charge is 0.244 e. The van der Waals surface area contributed by atoms with E-state index in [-0.39, 0.29) is 11.9 Å². The van der Waals surface area contributed by atoms with Crippen molar-refractivity contribution in [2.75, 3.05) is 17.7 Å². The van der Waals surface area contributed by atoms with Crippen LogP contribution in [-0.4, -0.2) is 33.7 Å². The molecule has 0 heterocycles. The number of ether oxygens (including phenoxy) is 1. The molecule has 0 aliphatic carbocycles. The lowest BCUT2D eigenvalue weighted by atomic mass is 9.99. The molecule has 1 amide bonds. The molecule has 0 fully saturated rings. The van der Waals surface area contributed by atoms with E-state index in [2.05, 4.69) is 11.4 Å². The highest BCUT2D eigenvalue weighted by Crippen LogP contribution is 2.25. The van der Waals surface area contributed by atoms with E-state index in [0.29, 0.717) is 17.9 Å². The maximum absolute atomic E-state index is 13.0. The van der Waals surface area contributed by atoms with Gasteiger partial charge in [0.2, 0.25) is 15.9 Å². The lowest BCUT2D eigenvalue weighted by Crippen LogP contribution is -2.48. The summed E-state index contributed by atoms with van der Waals surface area (Å²) < 4.78 is 31.2. The highest BCUT2D eigenvalue weighted by atomic mass is 32.2. The van der Waals surface area contributed by atoms with E-state index < -0.39 is 16.1 Å². The number of aryl methyl sites for hydroxylation is 2. The van der Waals surface area contributed by atoms with Crippen molar-refractivity contribution >= 4 is 21.6 Å². The van der Waals surface area contributed by atoms with Gasteiger partial charge in [0, 0.05) is 0 Å². The highest BCUT2D eigenvalue weighted by molar-refractivity contribution is 7.92. The van der Waals surface area contributed by atoms with Crippen LogP contribution in [0.5, 0.6) is 5.75 Å². The first-order valence-corrected chi connectivity index (χ1v) is 11.4. The molecule has 29 heavy (non-hydrogen) atoms. The molecule has 0 aromatic heterocycles. The van der Waals surface area contributed by atoms with E-state index in [0.717, 1.165) is 21.7 Å². The van der Waals surface area contributed by atoms with Crippen molar-refractivity contribution in [2.45, 2.75) is 46.2 Å². The number of carbonyl (C=O) groups excluding carboxylic acids is 1. The molecule has 0 spiro atoms. The predicted octanol–water partition coefficient (Wildman–Crippen LogP) is 3.73. The van der Waals surface area contributed by atoms with Gasteiger partial charge in [-0.2, -0.15) is 0 Å². The number of sulfonamides is 1. The SMILES string of the molecule is CCC(NC(=O)C(C)N(c1ccc(OC)cc1)S(C)(=O)=O)c1ccc(C)c(C)c1. The highest BCUT2D eigenvalue weighted by Gasteiger charge is 2.30. The fraction of sp³-hybridized carbons (Fsp3) is 0.409. The number of rotatable bonds is 8. The summed E-state index contributed by atoms with van der Waals surface area (Å²) >= 11 is 0. The Balaban J connectivity index is 2.28. The van der Waals surface area contributed by atoms with Gasteiger partial charge < -0.3 is 10.1 Å². The largest absolute Gasteiger partial charge is 0.497 e. The minimum atomic E-state index is -3.67. The van der Waals surface area contributed by atoms with Crippen molar-refractivity contribution in [1.82, 2.24) is 5.32 Å². The van der Waals surface area contributed by atoms with E-state index in [1.807, 2.05) is 32.9 Å². The third-order valence-corrected chi connectivity index (χ3v) is 6.32. The summed E-state index contributed by atoms with van der Waals surface area (Å²) in [4.78, 5) is 13.0. The van der Waals surface area contributed by atoms with E-state index in [9.17, 15) is 13.2 Å². The molecule has 0 saturated heterocycles. The van der Waals surface area contributed by atoms with Gasteiger partial charge in [0.25, 0.3) is 0 Å². The molecule has 0 bridgehead atoms. The molecular weight excluding hydrogens is 388 g/mol. The summed E-state index contributed by atoms with van der Waals surface area (Å²) in [6.45, 7) is 7.65. The monoisotopic (exact) mass is 418 g/mol. The van der Waals surface area contributed by atoms with E-state index in [1.165, 1.54) is 12.7 Å². The minimum Gasteiger partial charge on any atom is -0.497 e. The number of anilines is 1. The van der Waals surface area contributed by atoms with Crippen LogP contribution in [0.4, 0.5) is 5.69 Å². The van der Waals surface area contributed by atoms with Gasteiger partial charge in [-0.3, -0.25) is 9.10 Å². The number of hydrogen-bond acceptors (Lipinski definition) is 4. The second kappa shape index (κ2) is 9.31. The molecule has 0 aliphatic heterocycles. The number of carbonyl (C=O) groups is 1. The summed E-state index contributed by atoms with van der Waals surface area (Å²) in [5.74, 6) is 0.261. The van der Waals surface area contributed by atoms with Crippen molar-refractivity contribution in [2.24, 2.45) is 0 Å². The Morgan fingerprint density at radius 2 is 1.72 bits per heavy atom. The molecule has 2 atom stereocenters. The Labute approximate surface area is 173 Å². The first kappa shape index (κ1) is 22.7. The second-order valence-corrected chi connectivity index (χ2v) is 9.11. The van der Waals surface area contributed by atoms with Gasteiger partial charge >= 0.3 is 0 Å². The van der Waals surface area contributed by atoms with Crippen LogP contribution in [0.15, 0.2) is 42.5 Å². The summed E-state index contributed by atoms with van der Waals surface area (Å²) in [7, 11) is -2.13. The molecule has 0 radical (unpaired) electrons. The summed E-state index contributed by atoms with van der Waals surface area (Å²) in [6.07, 6.45) is 1.80. The molecule has 2 aromatic carbocycles. The first-order chi connectivity index (χ1) is 13.6. The van der Waals surface area contributed by atoms with E-state index in [1.54, 1.807) is 31.2 Å². The molecule has 7 heteroatoms. The molecule has 2 rings (SSSR count). The Morgan fingerprint density at radius 1 is 1.10 bits per heavy atom. The van der Waals surface area contributed by atoms with Crippen LogP contribution in [0, 0.1) is 13.8 Å². The fourth-order valence-electron chi connectivity index (χ4n) is 3.23. The Hall–Kier alpha value is -2.54. The molecule has 2 unspecified atom stereocenters. The topological polar surface area (TPSA) is 75.7 Å². The first-order valence-electron chi connectivity index (χ1n) is 9.59. The van der Waals surface area contributed by atoms with Gasteiger partial charge in [-0.05, 0) is 68.1 Å². The Kier molecular flexibility index (Phi) is 7.30. The maximum atomic E-state index is 13.0. The lowest BCUT2D eigenvalue weighted by Gasteiger charge is -2.30. The maximum Gasteiger partial charge on any atom is 0.244 e. The van der Waals surface area contributed by atoms with Gasteiger partial charge in [0.05, 0.1) is 25.1 Å². The normalized spacial score (nSPS) is 13.4. The van der Waals surface area contributed by atoms with Crippen molar-refractivity contribution in [3.8, 4) is 5.75 Å². The van der Waals surface area contributed by atoms with Gasteiger partial charge in [-0.1, -0.05) is 25.1 Å². The van der Waals surface area contributed by atoms with Crippen LogP contribution in [0.25, 0.3) is 0 Å². The minimum absolute atomic E-state index is 0.193. The van der Waals surface area contributed by atoms with Gasteiger partial charge in [0.15, 0.2) is 0 Å². The van der Waals surface area contributed by atoms with Crippen LogP contribution in [0.3, 0.4) is 0 Å². The van der Waals surface area contributed by atoms with Crippen LogP contribution in [0.2, 0.25) is 0 Å². The quantitative estimate of drug-likeness (QED) is 0.709. The number of benzene rings is 2. The zero-order valence-electron chi connectivity index (χ0n) is 17.9. The summed E-state index contributed by atoms with van der Waals surface area (Å²) in [5.41, 5.74) is 3.76. The lowest BCUT2D eigenvalue weighted by molar-refractivity contribution is -0.122. The van der Waals surface area contributed by atoms with Crippen molar-refractivity contribution < 1.29 is 17.9 Å².